The smallest absolute Gasteiger partial charge is 0.321 e. The second kappa shape index (κ2) is 9.31. The number of hydrogen-bond acceptors (Lipinski definition) is 7. The van der Waals surface area contributed by atoms with E-state index < -0.39 is 0 Å². The summed E-state index contributed by atoms with van der Waals surface area (Å²) in [6.07, 6.45) is 4.79. The van der Waals surface area contributed by atoms with E-state index in [0.717, 1.165) is 12.8 Å². The predicted octanol–water partition coefficient (Wildman–Crippen LogP) is 2.64. The monoisotopic (exact) mass is 401 g/mol. The normalized spacial score (nSPS) is 16.1. The number of anilines is 2. The number of benzene rings is 1. The lowest BCUT2D eigenvalue weighted by atomic mass is 10.1. The minimum Gasteiger partial charge on any atom is -0.493 e. The molecule has 156 valence electrons. The lowest BCUT2D eigenvalue weighted by Gasteiger charge is -2.33. The molecule has 1 atom stereocenters. The molecule has 2 amide bonds. The fourth-order valence-corrected chi connectivity index (χ4v) is 3.20. The molecule has 1 N–H and O–H groups in total. The Morgan fingerprint density at radius 1 is 1.17 bits per heavy atom. The van der Waals surface area contributed by atoms with Crippen LogP contribution in [-0.4, -0.2) is 68.4 Å². The molecule has 0 aliphatic carbocycles. The maximum absolute atomic E-state index is 12.7. The third kappa shape index (κ3) is 4.98. The Morgan fingerprint density at radius 3 is 2.66 bits per heavy atom. The molecular weight excluding hydrogens is 374 g/mol. The number of carbonyl (C=O) groups excluding carboxylic acids is 1. The highest BCUT2D eigenvalue weighted by Crippen LogP contribution is 2.30. The van der Waals surface area contributed by atoms with Gasteiger partial charge in [0.15, 0.2) is 17.3 Å². The summed E-state index contributed by atoms with van der Waals surface area (Å²) in [4.78, 5) is 24.9. The Balaban J connectivity index is 1.64. The molecule has 9 heteroatoms. The van der Waals surface area contributed by atoms with E-state index in [1.54, 1.807) is 49.7 Å². The average Bonchev–Trinajstić information content (AvgIpc) is 2.74. The molecule has 3 rings (SSSR count). The van der Waals surface area contributed by atoms with Crippen LogP contribution in [0.25, 0.3) is 0 Å². The summed E-state index contributed by atoms with van der Waals surface area (Å²) in [5.41, 5.74) is 0.638. The van der Waals surface area contributed by atoms with E-state index in [1.807, 2.05) is 19.0 Å². The first-order valence-electron chi connectivity index (χ1n) is 9.44. The summed E-state index contributed by atoms with van der Waals surface area (Å²) < 4.78 is 16.6. The first kappa shape index (κ1) is 20.5. The number of likely N-dealkylation sites (tertiary alicyclic amines) is 1. The Morgan fingerprint density at radius 2 is 1.93 bits per heavy atom. The first-order valence-corrected chi connectivity index (χ1v) is 9.44. The van der Waals surface area contributed by atoms with Crippen LogP contribution in [-0.2, 0) is 0 Å². The Bertz CT molecular complexity index is 845. The Kier molecular flexibility index (Phi) is 6.58. The van der Waals surface area contributed by atoms with Crippen molar-refractivity contribution in [3.8, 4) is 17.4 Å². The molecule has 0 spiro atoms. The summed E-state index contributed by atoms with van der Waals surface area (Å²) in [5, 5.41) is 2.91. The van der Waals surface area contributed by atoms with Gasteiger partial charge in [-0.05, 0) is 25.0 Å². The van der Waals surface area contributed by atoms with Crippen molar-refractivity contribution < 1.29 is 19.0 Å². The number of urea groups is 1. The van der Waals surface area contributed by atoms with Gasteiger partial charge >= 0.3 is 6.03 Å². The van der Waals surface area contributed by atoms with E-state index in [2.05, 4.69) is 15.3 Å². The van der Waals surface area contributed by atoms with Gasteiger partial charge in [0.1, 0.15) is 6.10 Å². The van der Waals surface area contributed by atoms with E-state index in [9.17, 15) is 4.79 Å². The predicted molar refractivity (Wildman–Crippen MR) is 110 cm³/mol. The Hall–Kier alpha value is -3.23. The molecule has 2 aromatic rings. The van der Waals surface area contributed by atoms with Crippen molar-refractivity contribution in [3.63, 3.8) is 0 Å². The zero-order valence-corrected chi connectivity index (χ0v) is 17.2. The molecule has 0 bridgehead atoms. The number of ether oxygens (including phenoxy) is 3. The Labute approximate surface area is 170 Å². The van der Waals surface area contributed by atoms with Gasteiger partial charge in [0.25, 0.3) is 5.88 Å². The summed E-state index contributed by atoms with van der Waals surface area (Å²) in [7, 11) is 6.91. The molecule has 29 heavy (non-hydrogen) atoms. The van der Waals surface area contributed by atoms with Gasteiger partial charge in [-0.1, -0.05) is 0 Å². The van der Waals surface area contributed by atoms with Crippen LogP contribution in [0.2, 0.25) is 0 Å². The molecule has 1 aromatic heterocycles. The van der Waals surface area contributed by atoms with Crippen LogP contribution in [0.1, 0.15) is 12.8 Å². The minimum absolute atomic E-state index is 0.143. The molecule has 1 aliphatic rings. The van der Waals surface area contributed by atoms with Gasteiger partial charge in [-0.25, -0.2) is 14.8 Å². The number of piperidine rings is 1. The van der Waals surface area contributed by atoms with Crippen molar-refractivity contribution in [3.05, 3.63) is 30.6 Å². The third-order valence-electron chi connectivity index (χ3n) is 4.65. The molecule has 1 unspecified atom stereocenters. The summed E-state index contributed by atoms with van der Waals surface area (Å²) in [5.74, 6) is 2.31. The quantitative estimate of drug-likeness (QED) is 0.796. The highest BCUT2D eigenvalue weighted by atomic mass is 16.5. The highest BCUT2D eigenvalue weighted by Gasteiger charge is 2.26. The summed E-state index contributed by atoms with van der Waals surface area (Å²) >= 11 is 0. The number of rotatable bonds is 6. The van der Waals surface area contributed by atoms with Crippen LogP contribution >= 0.6 is 0 Å². The highest BCUT2D eigenvalue weighted by molar-refractivity contribution is 5.89. The molecule has 9 nitrogen and oxygen atoms in total. The standard InChI is InChI=1S/C20H27N5O4/c1-24(2)18-19(22-10-9-21-18)29-15-6-5-11-25(13-15)20(26)23-14-7-8-16(27-3)17(12-14)28-4/h7-10,12,15H,5-6,11,13H2,1-4H3,(H,23,26). The number of aromatic nitrogens is 2. The van der Waals surface area contributed by atoms with Gasteiger partial charge in [0.2, 0.25) is 0 Å². The van der Waals surface area contributed by atoms with Crippen LogP contribution in [0.15, 0.2) is 30.6 Å². The van der Waals surface area contributed by atoms with Crippen LogP contribution in [0.3, 0.4) is 0 Å². The van der Waals surface area contributed by atoms with Gasteiger partial charge in [-0.15, -0.1) is 0 Å². The minimum atomic E-state index is -0.183. The molecular formula is C20H27N5O4. The second-order valence-electron chi connectivity index (χ2n) is 6.91. The van der Waals surface area contributed by atoms with Crippen molar-refractivity contribution in [1.82, 2.24) is 14.9 Å². The zero-order valence-electron chi connectivity index (χ0n) is 17.2. The molecule has 0 radical (unpaired) electrons. The van der Waals surface area contributed by atoms with Crippen LogP contribution in [0, 0.1) is 0 Å². The lowest BCUT2D eigenvalue weighted by Crippen LogP contribution is -2.46. The SMILES string of the molecule is COc1ccc(NC(=O)N2CCCC(Oc3nccnc3N(C)C)C2)cc1OC. The molecule has 2 heterocycles. The fourth-order valence-electron chi connectivity index (χ4n) is 3.20. The molecule has 1 aliphatic heterocycles. The van der Waals surface area contributed by atoms with E-state index in [4.69, 9.17) is 14.2 Å². The van der Waals surface area contributed by atoms with Gasteiger partial charge in [0, 0.05) is 44.8 Å². The van der Waals surface area contributed by atoms with Crippen LogP contribution in [0.5, 0.6) is 17.4 Å². The molecule has 1 saturated heterocycles. The number of carbonyl (C=O) groups is 1. The average molecular weight is 401 g/mol. The maximum Gasteiger partial charge on any atom is 0.321 e. The fraction of sp³-hybridized carbons (Fsp3) is 0.450. The topological polar surface area (TPSA) is 89.0 Å². The largest absolute Gasteiger partial charge is 0.493 e. The van der Waals surface area contributed by atoms with Crippen molar-refractivity contribution in [1.29, 1.82) is 0 Å². The van der Waals surface area contributed by atoms with Gasteiger partial charge < -0.3 is 29.3 Å². The number of methoxy groups -OCH3 is 2. The summed E-state index contributed by atoms with van der Waals surface area (Å²) in [6.45, 7) is 1.14. The van der Waals surface area contributed by atoms with E-state index in [-0.39, 0.29) is 12.1 Å². The van der Waals surface area contributed by atoms with E-state index in [0.29, 0.717) is 42.0 Å². The third-order valence-corrected chi connectivity index (χ3v) is 4.65. The van der Waals surface area contributed by atoms with Gasteiger partial charge in [-0.2, -0.15) is 0 Å². The number of nitrogens with one attached hydrogen (secondary N) is 1. The van der Waals surface area contributed by atoms with Crippen molar-refractivity contribution in [2.45, 2.75) is 18.9 Å². The first-order chi connectivity index (χ1) is 14.0. The number of amides is 2. The van der Waals surface area contributed by atoms with Crippen LogP contribution < -0.4 is 24.4 Å². The molecule has 1 aromatic carbocycles. The zero-order chi connectivity index (χ0) is 20.8. The lowest BCUT2D eigenvalue weighted by molar-refractivity contribution is 0.103. The van der Waals surface area contributed by atoms with Gasteiger partial charge in [0.05, 0.1) is 20.8 Å². The van der Waals surface area contributed by atoms with Crippen molar-refractivity contribution in [2.24, 2.45) is 0 Å². The van der Waals surface area contributed by atoms with E-state index in [1.165, 1.54) is 0 Å². The van der Waals surface area contributed by atoms with Crippen molar-refractivity contribution >= 4 is 17.5 Å². The molecule has 1 fully saturated rings. The van der Waals surface area contributed by atoms with Crippen LogP contribution in [0.4, 0.5) is 16.3 Å². The second-order valence-corrected chi connectivity index (χ2v) is 6.91. The maximum atomic E-state index is 12.7. The number of hydrogen-bond donors (Lipinski definition) is 1. The summed E-state index contributed by atoms with van der Waals surface area (Å²) in [6, 6.07) is 5.09. The van der Waals surface area contributed by atoms with Gasteiger partial charge in [-0.3, -0.25) is 0 Å². The van der Waals surface area contributed by atoms with Crippen molar-refractivity contribution in [2.75, 3.05) is 51.6 Å². The number of nitrogens with zero attached hydrogens (tertiary/aromatic N) is 4. The van der Waals surface area contributed by atoms with E-state index >= 15 is 0 Å². The molecule has 0 saturated carbocycles.